The van der Waals surface area contributed by atoms with Gasteiger partial charge in [0, 0.05) is 12.4 Å². The van der Waals surface area contributed by atoms with Crippen LogP contribution in [0.15, 0.2) is 130 Å². The Morgan fingerprint density at radius 1 is 0.636 bits per heavy atom. The van der Waals surface area contributed by atoms with Gasteiger partial charge >= 0.3 is 28.4 Å². The topological polar surface area (TPSA) is 142 Å². The largest absolute Gasteiger partial charge is 2.00 e. The van der Waals surface area contributed by atoms with Crippen molar-refractivity contribution in [2.24, 2.45) is 9.98 Å². The van der Waals surface area contributed by atoms with E-state index >= 15 is 0 Å². The van der Waals surface area contributed by atoms with Crippen LogP contribution in [0.2, 0.25) is 0 Å². The van der Waals surface area contributed by atoms with Crippen molar-refractivity contribution >= 4 is 23.1 Å². The predicted molar refractivity (Wildman–Crippen MR) is 121 cm³/mol. The van der Waals surface area contributed by atoms with Crippen LogP contribution in [-0.2, 0) is 16.5 Å². The molecule has 0 aromatic carbocycles. The van der Waals surface area contributed by atoms with Crippen molar-refractivity contribution in [3.63, 3.8) is 0 Å². The molecule has 0 unspecified atom stereocenters. The van der Waals surface area contributed by atoms with Gasteiger partial charge in [-0.2, -0.15) is 0 Å². The summed E-state index contributed by atoms with van der Waals surface area (Å²) in [4.78, 5) is 16.5. The van der Waals surface area contributed by atoms with Crippen molar-refractivity contribution < 1.29 is 36.9 Å². The predicted octanol–water partition coefficient (Wildman–Crippen LogP) is 1.15. The quantitative estimate of drug-likeness (QED) is 0.356. The molecule has 4 N–H and O–H groups in total. The molecule has 0 fully saturated rings. The molecule has 8 nitrogen and oxygen atoms in total. The van der Waals surface area contributed by atoms with Gasteiger partial charge in [-0.1, -0.05) is 36.4 Å². The molecule has 0 bridgehead atoms. The van der Waals surface area contributed by atoms with Crippen LogP contribution in [0.25, 0.3) is 0 Å². The van der Waals surface area contributed by atoms with Crippen LogP contribution < -0.4 is 10.2 Å². The summed E-state index contributed by atoms with van der Waals surface area (Å²) in [6.07, 6.45) is 16.8. The zero-order valence-corrected chi connectivity index (χ0v) is 18.1. The van der Waals surface area contributed by atoms with Crippen molar-refractivity contribution in [3.05, 3.63) is 120 Å². The van der Waals surface area contributed by atoms with E-state index in [-0.39, 0.29) is 27.6 Å². The van der Waals surface area contributed by atoms with Crippen LogP contribution in [0.1, 0.15) is 0 Å². The van der Waals surface area contributed by atoms with Gasteiger partial charge in [0.1, 0.15) is 0 Å². The monoisotopic (exact) mass is 486 g/mol. The fourth-order valence-electron chi connectivity index (χ4n) is 2.61. The second-order valence-electron chi connectivity index (χ2n) is 6.29. The van der Waals surface area contributed by atoms with E-state index in [4.69, 9.17) is 10.2 Å². The first-order valence-electron chi connectivity index (χ1n) is 9.50. The third-order valence-corrected chi connectivity index (χ3v) is 4.07. The van der Waals surface area contributed by atoms with Crippen LogP contribution in [0.5, 0.6) is 0 Å². The third kappa shape index (κ3) is 7.45. The number of nitrogens with zero attached hydrogens (tertiary/aromatic N) is 4. The van der Waals surface area contributed by atoms with Gasteiger partial charge in [-0.15, -0.1) is 0 Å². The molecule has 2 aliphatic carbocycles. The van der Waals surface area contributed by atoms with E-state index in [1.807, 2.05) is 12.1 Å². The number of aromatic nitrogens is 2. The van der Waals surface area contributed by atoms with Crippen molar-refractivity contribution in [1.29, 1.82) is 0 Å². The molecule has 0 amide bonds. The molecule has 0 saturated heterocycles. The second kappa shape index (κ2) is 12.6. The van der Waals surface area contributed by atoms with Gasteiger partial charge in [-0.3, -0.25) is 0 Å². The molecule has 9 heteroatoms. The van der Waals surface area contributed by atoms with Crippen LogP contribution in [0.3, 0.4) is 0 Å². The first-order valence-corrected chi connectivity index (χ1v) is 9.50. The minimum Gasteiger partial charge on any atom is -0.615 e. The molecule has 0 spiro atoms. The Morgan fingerprint density at radius 3 is 1.36 bits per heavy atom. The maximum Gasteiger partial charge on any atom is 2.00 e. The summed E-state index contributed by atoms with van der Waals surface area (Å²) in [5.74, 6) is -0.432. The van der Waals surface area contributed by atoms with Gasteiger partial charge in [0.15, 0.2) is 11.6 Å². The Hall–Kier alpha value is -4.23. The molecule has 2 aromatic rings. The van der Waals surface area contributed by atoms with E-state index < -0.39 is 11.9 Å². The number of hydrogen-bond acceptors (Lipinski definition) is 6. The molecule has 0 saturated carbocycles. The number of hydrogen-bond donors (Lipinski definition) is 0. The summed E-state index contributed by atoms with van der Waals surface area (Å²) in [6, 6.07) is 10.7. The van der Waals surface area contributed by atoms with Crippen LogP contribution in [0.4, 0.5) is 11.6 Å². The Balaban J connectivity index is 0.000000227. The van der Waals surface area contributed by atoms with Crippen LogP contribution >= 0.6 is 0 Å². The van der Waals surface area contributed by atoms with E-state index in [2.05, 4.69) is 20.0 Å². The van der Waals surface area contributed by atoms with Gasteiger partial charge in [0.25, 0.3) is 0 Å². The van der Waals surface area contributed by atoms with Gasteiger partial charge in [-0.05, 0) is 48.6 Å². The zero-order valence-electron chi connectivity index (χ0n) is 17.2. The zero-order chi connectivity index (χ0) is 22.8. The normalized spacial score (nSPS) is 19.5. The van der Waals surface area contributed by atoms with Gasteiger partial charge in [0.2, 0.25) is 0 Å². The Kier molecular flexibility index (Phi) is 9.55. The number of allylic oxidation sites excluding steroid dienone is 10. The summed E-state index contributed by atoms with van der Waals surface area (Å²) < 4.78 is 0. The third-order valence-electron chi connectivity index (χ3n) is 4.07. The Bertz CT molecular complexity index is 1090. The molecular weight excluding hydrogens is 467 g/mol. The second-order valence-corrected chi connectivity index (χ2v) is 6.29. The standard InChI is InChI=1S/2C12H10N2O2.Ni/c2*15-12(16)9-5-1-2-6-10(9)14-11-7-3-4-8-13-11;/h2*1-8,15-16H;/q;;+2/b14-10+;14-10-;. The van der Waals surface area contributed by atoms with Gasteiger partial charge in [-0.25, -0.2) is 30.2 Å². The Labute approximate surface area is 200 Å². The molecular formula is C24H20N4NiO4+2. The Morgan fingerprint density at radius 2 is 1.03 bits per heavy atom. The minimum atomic E-state index is -0.740. The molecule has 2 aliphatic rings. The number of rotatable bonds is 2. The first kappa shape index (κ1) is 25.0. The summed E-state index contributed by atoms with van der Waals surface area (Å²) in [7, 11) is 0. The fraction of sp³-hybridized carbons (Fsp3) is 0. The van der Waals surface area contributed by atoms with E-state index in [0.29, 0.717) is 23.1 Å². The van der Waals surface area contributed by atoms with Gasteiger partial charge < -0.3 is 10.2 Å². The van der Waals surface area contributed by atoms with Crippen LogP contribution in [0, 0.1) is 0 Å². The maximum absolute atomic E-state index is 11.0. The fourth-order valence-corrected chi connectivity index (χ4v) is 2.61. The summed E-state index contributed by atoms with van der Waals surface area (Å²) in [5.41, 5.74) is 1.52. The first-order chi connectivity index (χ1) is 15.5. The van der Waals surface area contributed by atoms with Crippen molar-refractivity contribution in [2.45, 2.75) is 0 Å². The van der Waals surface area contributed by atoms with E-state index in [1.165, 1.54) is 0 Å². The molecule has 4 rings (SSSR count). The molecule has 0 aliphatic heterocycles. The smallest absolute Gasteiger partial charge is 0.615 e. The number of pyridine rings is 2. The average Bonchev–Trinajstić information content (AvgIpc) is 2.81. The number of aliphatic imine (C=N–C) groups is 2. The molecule has 168 valence electrons. The molecule has 33 heavy (non-hydrogen) atoms. The molecule has 0 atom stereocenters. The average molecular weight is 487 g/mol. The van der Waals surface area contributed by atoms with Crippen LogP contribution in [-0.4, -0.2) is 31.6 Å². The van der Waals surface area contributed by atoms with Crippen molar-refractivity contribution in [3.8, 4) is 0 Å². The SMILES string of the molecule is [Ni+2].[O-]/C([OH2+])=C1\C=CC=C\C1=N/c1ccccn1.[O-]/C([OH2+])=C1\C=CC=C\C1=N\c1ccccn1. The maximum atomic E-state index is 11.0. The summed E-state index contributed by atoms with van der Waals surface area (Å²) in [5, 5.41) is 36.3. The minimum absolute atomic E-state index is 0. The van der Waals surface area contributed by atoms with E-state index in [0.717, 1.165) is 0 Å². The van der Waals surface area contributed by atoms with E-state index in [1.54, 1.807) is 85.3 Å². The van der Waals surface area contributed by atoms with E-state index in [9.17, 15) is 10.2 Å². The summed E-state index contributed by atoms with van der Waals surface area (Å²) >= 11 is 0. The molecule has 0 radical (unpaired) electrons. The molecule has 2 heterocycles. The van der Waals surface area contributed by atoms with Gasteiger partial charge in [0.05, 0.1) is 22.6 Å². The molecule has 2 aromatic heterocycles. The summed E-state index contributed by atoms with van der Waals surface area (Å²) in [6.45, 7) is 0. The van der Waals surface area contributed by atoms with Crippen molar-refractivity contribution in [2.75, 3.05) is 0 Å². The van der Waals surface area contributed by atoms with Crippen molar-refractivity contribution in [1.82, 2.24) is 9.97 Å².